The predicted molar refractivity (Wildman–Crippen MR) is 146 cm³/mol. The van der Waals surface area contributed by atoms with Gasteiger partial charge in [-0.2, -0.15) is 0 Å². The lowest BCUT2D eigenvalue weighted by molar-refractivity contribution is -0.0629. The highest BCUT2D eigenvalue weighted by Crippen LogP contribution is 2.29. The van der Waals surface area contributed by atoms with Crippen LogP contribution in [0.15, 0.2) is 71.7 Å². The van der Waals surface area contributed by atoms with E-state index < -0.39 is 12.0 Å². The largest absolute Gasteiger partial charge is 0.387 e. The van der Waals surface area contributed by atoms with E-state index in [0.717, 1.165) is 20.8 Å². The molecule has 0 unspecified atom stereocenters. The molecule has 1 amide bonds. The van der Waals surface area contributed by atoms with Crippen LogP contribution >= 0.6 is 22.9 Å². The molecular formula is C28H28ClN3O4S. The second-order valence-corrected chi connectivity index (χ2v) is 10.7. The number of aliphatic hydroxyl groups excluding tert-OH is 1. The highest BCUT2D eigenvalue weighted by molar-refractivity contribution is 7.18. The highest BCUT2D eigenvalue weighted by Gasteiger charge is 2.31. The number of nitrogens with one attached hydrogen (secondary N) is 1. The second kappa shape index (κ2) is 11.2. The lowest BCUT2D eigenvalue weighted by Crippen LogP contribution is -2.48. The van der Waals surface area contributed by atoms with Crippen LogP contribution in [-0.4, -0.2) is 46.3 Å². The molecule has 5 rings (SSSR count). The predicted octanol–water partition coefficient (Wildman–Crippen LogP) is 4.12. The first-order chi connectivity index (χ1) is 17.9. The molecule has 1 fully saturated rings. The Labute approximate surface area is 223 Å². The van der Waals surface area contributed by atoms with Gasteiger partial charge < -0.3 is 19.7 Å². The summed E-state index contributed by atoms with van der Waals surface area (Å²) in [4.78, 5) is 30.2. The van der Waals surface area contributed by atoms with Gasteiger partial charge in [-0.1, -0.05) is 54.1 Å². The number of aromatic nitrogens is 1. The van der Waals surface area contributed by atoms with Crippen LogP contribution in [0.3, 0.4) is 0 Å². The minimum Gasteiger partial charge on any atom is -0.387 e. The quantitative estimate of drug-likeness (QED) is 0.370. The minimum atomic E-state index is -0.682. The van der Waals surface area contributed by atoms with E-state index in [4.69, 9.17) is 16.3 Å². The normalized spacial score (nSPS) is 17.1. The Kier molecular flexibility index (Phi) is 7.73. The number of aryl methyl sites for hydroxylation is 1. The molecule has 1 aliphatic rings. The Bertz CT molecular complexity index is 1450. The first kappa shape index (κ1) is 25.6. The van der Waals surface area contributed by atoms with Crippen molar-refractivity contribution >= 4 is 39.1 Å². The van der Waals surface area contributed by atoms with Gasteiger partial charge in [0, 0.05) is 42.8 Å². The molecule has 0 spiro atoms. The van der Waals surface area contributed by atoms with E-state index in [-0.39, 0.29) is 17.0 Å². The molecule has 37 heavy (non-hydrogen) atoms. The van der Waals surface area contributed by atoms with Crippen molar-refractivity contribution < 1.29 is 14.6 Å². The van der Waals surface area contributed by atoms with Gasteiger partial charge in [-0.25, -0.2) is 0 Å². The molecule has 0 saturated carbocycles. The summed E-state index contributed by atoms with van der Waals surface area (Å²) in [5.41, 5.74) is 1.57. The number of aliphatic hydroxyl groups is 1. The van der Waals surface area contributed by atoms with Gasteiger partial charge >= 0.3 is 0 Å². The number of pyridine rings is 1. The Morgan fingerprint density at radius 1 is 1.22 bits per heavy atom. The van der Waals surface area contributed by atoms with Gasteiger partial charge in [0.1, 0.15) is 10.4 Å². The third-order valence-corrected chi connectivity index (χ3v) is 8.11. The number of carbonyl (C=O) groups excluding carboxylic acids is 1. The van der Waals surface area contributed by atoms with Crippen LogP contribution in [-0.2, 0) is 24.9 Å². The molecule has 2 N–H and O–H groups in total. The molecule has 4 aromatic rings. The van der Waals surface area contributed by atoms with E-state index >= 15 is 0 Å². The molecule has 192 valence electrons. The fourth-order valence-corrected chi connectivity index (χ4v) is 5.89. The van der Waals surface area contributed by atoms with Crippen molar-refractivity contribution in [1.29, 1.82) is 0 Å². The minimum absolute atomic E-state index is 0.108. The fraction of sp³-hybridized carbons (Fsp3) is 0.286. The summed E-state index contributed by atoms with van der Waals surface area (Å²) >= 11 is 7.45. The van der Waals surface area contributed by atoms with Crippen LogP contribution < -0.4 is 10.7 Å². The molecule has 9 heteroatoms. The Hall–Kier alpha value is -3.01. The van der Waals surface area contributed by atoms with Crippen LogP contribution in [0.1, 0.15) is 32.5 Å². The van der Waals surface area contributed by atoms with Crippen molar-refractivity contribution in [2.24, 2.45) is 7.05 Å². The van der Waals surface area contributed by atoms with E-state index in [1.807, 2.05) is 60.1 Å². The van der Waals surface area contributed by atoms with E-state index in [9.17, 15) is 14.7 Å². The molecule has 0 radical (unpaired) electrons. The van der Waals surface area contributed by atoms with Crippen LogP contribution in [0.5, 0.6) is 0 Å². The summed E-state index contributed by atoms with van der Waals surface area (Å²) in [6.45, 7) is 2.57. The zero-order valence-corrected chi connectivity index (χ0v) is 22.0. The first-order valence-electron chi connectivity index (χ1n) is 12.1. The summed E-state index contributed by atoms with van der Waals surface area (Å²) in [6, 6.07) is 18.5. The average Bonchev–Trinajstić information content (AvgIpc) is 3.35. The van der Waals surface area contributed by atoms with E-state index in [1.54, 1.807) is 18.3 Å². The second-order valence-electron chi connectivity index (χ2n) is 9.19. The monoisotopic (exact) mass is 537 g/mol. The Balaban J connectivity index is 1.36. The van der Waals surface area contributed by atoms with Crippen molar-refractivity contribution in [3.63, 3.8) is 0 Å². The van der Waals surface area contributed by atoms with Crippen LogP contribution in [0.4, 0.5) is 0 Å². The molecule has 1 saturated heterocycles. The SMILES string of the molecule is Cn1cc(C(=O)NCc2ccc(Cl)cc2)c(=O)c2cc(CN3CCOC[C@@H]3[C@H](O)c3ccccc3)sc21. The lowest BCUT2D eigenvalue weighted by Gasteiger charge is -2.38. The topological polar surface area (TPSA) is 83.8 Å². The standard InChI is InChI=1S/C28H28ClN3O4S/c1-31-16-23(27(35)30-14-18-7-9-20(29)10-8-18)26(34)22-13-21(37-28(22)31)15-32-11-12-36-17-24(32)25(33)19-5-3-2-4-6-19/h2-10,13,16,24-25,33H,11-12,14-15,17H2,1H3,(H,30,35)/t24-,25-/m1/s1. The number of amides is 1. The van der Waals surface area contributed by atoms with Crippen molar-refractivity contribution in [2.45, 2.75) is 25.2 Å². The molecule has 1 aliphatic heterocycles. The van der Waals surface area contributed by atoms with Crippen molar-refractivity contribution in [3.05, 3.63) is 104 Å². The average molecular weight is 538 g/mol. The number of carbonyl (C=O) groups is 1. The number of hydrogen-bond donors (Lipinski definition) is 2. The van der Waals surface area contributed by atoms with E-state index in [1.165, 1.54) is 11.3 Å². The molecule has 7 nitrogen and oxygen atoms in total. The molecular weight excluding hydrogens is 510 g/mol. The van der Waals surface area contributed by atoms with Crippen molar-refractivity contribution in [2.75, 3.05) is 19.8 Å². The molecule has 2 atom stereocenters. The zero-order valence-electron chi connectivity index (χ0n) is 20.4. The Morgan fingerprint density at radius 2 is 1.97 bits per heavy atom. The summed E-state index contributed by atoms with van der Waals surface area (Å²) < 4.78 is 7.52. The fourth-order valence-electron chi connectivity index (χ4n) is 4.65. The van der Waals surface area contributed by atoms with Crippen LogP contribution in [0.2, 0.25) is 5.02 Å². The molecule has 0 bridgehead atoms. The number of hydrogen-bond acceptors (Lipinski definition) is 6. The first-order valence-corrected chi connectivity index (χ1v) is 13.3. The zero-order chi connectivity index (χ0) is 25.9. The third-order valence-electron chi connectivity index (χ3n) is 6.65. The van der Waals surface area contributed by atoms with Crippen molar-refractivity contribution in [3.8, 4) is 0 Å². The van der Waals surface area contributed by atoms with Gasteiger partial charge in [-0.15, -0.1) is 11.3 Å². The van der Waals surface area contributed by atoms with E-state index in [0.29, 0.717) is 43.3 Å². The summed E-state index contributed by atoms with van der Waals surface area (Å²) in [5, 5.41) is 15.0. The smallest absolute Gasteiger partial charge is 0.257 e. The number of fused-ring (bicyclic) bond motifs is 1. The van der Waals surface area contributed by atoms with Gasteiger partial charge in [-0.05, 0) is 29.3 Å². The number of rotatable bonds is 7. The highest BCUT2D eigenvalue weighted by atomic mass is 35.5. The number of nitrogens with zero attached hydrogens (tertiary/aromatic N) is 2. The van der Waals surface area contributed by atoms with Gasteiger partial charge in [0.25, 0.3) is 5.91 Å². The number of thiophene rings is 1. The molecule has 2 aromatic carbocycles. The van der Waals surface area contributed by atoms with Gasteiger partial charge in [-0.3, -0.25) is 14.5 Å². The summed E-state index contributed by atoms with van der Waals surface area (Å²) in [6.07, 6.45) is 0.914. The number of benzene rings is 2. The van der Waals surface area contributed by atoms with Crippen LogP contribution in [0.25, 0.3) is 10.2 Å². The van der Waals surface area contributed by atoms with Gasteiger partial charge in [0.05, 0.1) is 30.7 Å². The maximum atomic E-state index is 13.3. The van der Waals surface area contributed by atoms with Crippen molar-refractivity contribution in [1.82, 2.24) is 14.8 Å². The number of morpholine rings is 1. The maximum absolute atomic E-state index is 13.3. The van der Waals surface area contributed by atoms with Crippen LogP contribution in [0, 0.1) is 0 Å². The third kappa shape index (κ3) is 5.63. The van der Waals surface area contributed by atoms with Gasteiger partial charge in [0.2, 0.25) is 5.43 Å². The summed E-state index contributed by atoms with van der Waals surface area (Å²) in [5.74, 6) is -0.413. The molecule has 0 aliphatic carbocycles. The van der Waals surface area contributed by atoms with Gasteiger partial charge in [0.15, 0.2) is 0 Å². The molecule has 2 aromatic heterocycles. The Morgan fingerprint density at radius 3 is 2.73 bits per heavy atom. The van der Waals surface area contributed by atoms with E-state index in [2.05, 4.69) is 10.2 Å². The maximum Gasteiger partial charge on any atom is 0.257 e. The summed E-state index contributed by atoms with van der Waals surface area (Å²) in [7, 11) is 1.84. The number of halogens is 1. The molecule has 3 heterocycles. The number of ether oxygens (including phenoxy) is 1. The lowest BCUT2D eigenvalue weighted by atomic mass is 10.0.